The van der Waals surface area contributed by atoms with Crippen LogP contribution in [0.2, 0.25) is 0 Å². The van der Waals surface area contributed by atoms with Crippen LogP contribution in [0, 0.1) is 12.7 Å². The Morgan fingerprint density at radius 2 is 2.10 bits per heavy atom. The summed E-state index contributed by atoms with van der Waals surface area (Å²) in [6.07, 6.45) is 0. The van der Waals surface area contributed by atoms with Gasteiger partial charge in [0.05, 0.1) is 11.3 Å². The van der Waals surface area contributed by atoms with Crippen molar-refractivity contribution in [3.8, 4) is 0 Å². The molecule has 0 heterocycles. The van der Waals surface area contributed by atoms with Gasteiger partial charge in [-0.15, -0.1) is 0 Å². The first-order valence-electron chi connectivity index (χ1n) is 5.94. The van der Waals surface area contributed by atoms with Crippen molar-refractivity contribution >= 4 is 27.6 Å². The van der Waals surface area contributed by atoms with E-state index in [4.69, 9.17) is 10.5 Å². The van der Waals surface area contributed by atoms with Crippen LogP contribution < -0.4 is 5.73 Å². The van der Waals surface area contributed by atoms with Crippen molar-refractivity contribution in [2.45, 2.75) is 13.5 Å². The standard InChI is InChI=1S/C15H13BrFNO2/c1-9-3-2-4-10(5-9)8-20-15(19)11-6-14(18)13(17)7-12(11)16/h2-7H,8,18H2,1H3. The molecule has 2 aromatic rings. The minimum Gasteiger partial charge on any atom is -0.457 e. The number of aryl methyl sites for hydroxylation is 1. The molecule has 0 saturated carbocycles. The monoisotopic (exact) mass is 337 g/mol. The van der Waals surface area contributed by atoms with E-state index in [1.165, 1.54) is 6.07 Å². The Morgan fingerprint density at radius 1 is 1.35 bits per heavy atom. The van der Waals surface area contributed by atoms with Gasteiger partial charge in [-0.3, -0.25) is 0 Å². The second kappa shape index (κ2) is 6.05. The van der Waals surface area contributed by atoms with Crippen LogP contribution in [0.5, 0.6) is 0 Å². The fourth-order valence-corrected chi connectivity index (χ4v) is 2.23. The normalized spacial score (nSPS) is 10.3. The number of nitrogens with two attached hydrogens (primary N) is 1. The molecule has 0 aliphatic carbocycles. The van der Waals surface area contributed by atoms with Crippen molar-refractivity contribution in [1.29, 1.82) is 0 Å². The number of benzene rings is 2. The van der Waals surface area contributed by atoms with Gasteiger partial charge in [-0.1, -0.05) is 29.8 Å². The zero-order chi connectivity index (χ0) is 14.7. The van der Waals surface area contributed by atoms with E-state index in [0.29, 0.717) is 4.47 Å². The third-order valence-electron chi connectivity index (χ3n) is 2.76. The summed E-state index contributed by atoms with van der Waals surface area (Å²) in [5.74, 6) is -1.13. The molecule has 5 heteroatoms. The van der Waals surface area contributed by atoms with Crippen molar-refractivity contribution in [2.24, 2.45) is 0 Å². The first-order valence-corrected chi connectivity index (χ1v) is 6.74. The van der Waals surface area contributed by atoms with E-state index in [-0.39, 0.29) is 17.9 Å². The molecular weight excluding hydrogens is 325 g/mol. The zero-order valence-corrected chi connectivity index (χ0v) is 12.4. The second-order valence-electron chi connectivity index (χ2n) is 4.42. The number of esters is 1. The maximum absolute atomic E-state index is 13.2. The summed E-state index contributed by atoms with van der Waals surface area (Å²) in [4.78, 5) is 12.0. The minimum atomic E-state index is -0.577. The van der Waals surface area contributed by atoms with Crippen molar-refractivity contribution in [3.63, 3.8) is 0 Å². The number of nitrogen functional groups attached to an aromatic ring is 1. The molecule has 0 radical (unpaired) electrons. The Hall–Kier alpha value is -1.88. The van der Waals surface area contributed by atoms with Gasteiger partial charge in [0.25, 0.3) is 0 Å². The van der Waals surface area contributed by atoms with Crippen LogP contribution in [-0.2, 0) is 11.3 Å². The lowest BCUT2D eigenvalue weighted by molar-refractivity contribution is 0.0471. The van der Waals surface area contributed by atoms with Crippen molar-refractivity contribution in [1.82, 2.24) is 0 Å². The molecule has 0 aliphatic heterocycles. The van der Waals surface area contributed by atoms with Gasteiger partial charge in [0, 0.05) is 4.47 Å². The van der Waals surface area contributed by atoms with Gasteiger partial charge in [0.2, 0.25) is 0 Å². The lowest BCUT2D eigenvalue weighted by Crippen LogP contribution is -2.07. The topological polar surface area (TPSA) is 52.3 Å². The van der Waals surface area contributed by atoms with Crippen LogP contribution in [-0.4, -0.2) is 5.97 Å². The van der Waals surface area contributed by atoms with Gasteiger partial charge < -0.3 is 10.5 Å². The van der Waals surface area contributed by atoms with Gasteiger partial charge in [0.15, 0.2) is 0 Å². The van der Waals surface area contributed by atoms with E-state index in [9.17, 15) is 9.18 Å². The summed E-state index contributed by atoms with van der Waals surface area (Å²) in [7, 11) is 0. The number of carbonyl (C=O) groups excluding carboxylic acids is 1. The molecule has 0 unspecified atom stereocenters. The highest BCUT2D eigenvalue weighted by Crippen LogP contribution is 2.23. The predicted octanol–water partition coefficient (Wildman–Crippen LogP) is 3.84. The number of halogens is 2. The third kappa shape index (κ3) is 3.36. The lowest BCUT2D eigenvalue weighted by atomic mass is 10.1. The largest absolute Gasteiger partial charge is 0.457 e. The van der Waals surface area contributed by atoms with Crippen LogP contribution in [0.3, 0.4) is 0 Å². The van der Waals surface area contributed by atoms with Gasteiger partial charge in [-0.25, -0.2) is 9.18 Å². The summed E-state index contributed by atoms with van der Waals surface area (Å²) in [6, 6.07) is 10.1. The van der Waals surface area contributed by atoms with Crippen LogP contribution in [0.25, 0.3) is 0 Å². The number of rotatable bonds is 3. The smallest absolute Gasteiger partial charge is 0.339 e. The van der Waals surface area contributed by atoms with Gasteiger partial charge >= 0.3 is 5.97 Å². The van der Waals surface area contributed by atoms with E-state index in [2.05, 4.69) is 15.9 Å². The minimum absolute atomic E-state index is 0.0873. The zero-order valence-electron chi connectivity index (χ0n) is 10.8. The Morgan fingerprint density at radius 3 is 2.80 bits per heavy atom. The molecule has 0 atom stereocenters. The Labute approximate surface area is 124 Å². The first kappa shape index (κ1) is 14.5. The van der Waals surface area contributed by atoms with E-state index >= 15 is 0 Å². The molecule has 2 aromatic carbocycles. The highest BCUT2D eigenvalue weighted by molar-refractivity contribution is 9.10. The lowest BCUT2D eigenvalue weighted by Gasteiger charge is -2.08. The fourth-order valence-electron chi connectivity index (χ4n) is 1.75. The van der Waals surface area contributed by atoms with Crippen LogP contribution in [0.4, 0.5) is 10.1 Å². The van der Waals surface area contributed by atoms with Gasteiger partial charge in [-0.05, 0) is 40.5 Å². The maximum atomic E-state index is 13.2. The van der Waals surface area contributed by atoms with E-state index in [1.807, 2.05) is 31.2 Å². The van der Waals surface area contributed by atoms with Crippen molar-refractivity contribution < 1.29 is 13.9 Å². The Kier molecular flexibility index (Phi) is 4.39. The van der Waals surface area contributed by atoms with Gasteiger partial charge in [0.1, 0.15) is 12.4 Å². The molecule has 104 valence electrons. The molecule has 2 rings (SSSR count). The van der Waals surface area contributed by atoms with E-state index in [1.54, 1.807) is 0 Å². The average molecular weight is 338 g/mol. The van der Waals surface area contributed by atoms with E-state index in [0.717, 1.165) is 17.2 Å². The summed E-state index contributed by atoms with van der Waals surface area (Å²) in [5.41, 5.74) is 7.55. The van der Waals surface area contributed by atoms with Crippen LogP contribution in [0.15, 0.2) is 40.9 Å². The molecule has 0 aromatic heterocycles. The quantitative estimate of drug-likeness (QED) is 0.683. The molecule has 2 N–H and O–H groups in total. The maximum Gasteiger partial charge on any atom is 0.339 e. The second-order valence-corrected chi connectivity index (χ2v) is 5.27. The highest BCUT2D eigenvalue weighted by Gasteiger charge is 2.14. The molecule has 0 amide bonds. The molecule has 0 bridgehead atoms. The number of carbonyl (C=O) groups is 1. The summed E-state index contributed by atoms with van der Waals surface area (Å²) >= 11 is 3.12. The molecular formula is C15H13BrFNO2. The third-order valence-corrected chi connectivity index (χ3v) is 3.41. The molecule has 0 saturated heterocycles. The molecule has 0 spiro atoms. The van der Waals surface area contributed by atoms with Crippen LogP contribution >= 0.6 is 15.9 Å². The first-order chi connectivity index (χ1) is 9.47. The molecule has 0 fully saturated rings. The summed E-state index contributed by atoms with van der Waals surface area (Å²) < 4.78 is 18.7. The number of anilines is 1. The number of hydrogen-bond acceptors (Lipinski definition) is 3. The molecule has 3 nitrogen and oxygen atoms in total. The fraction of sp³-hybridized carbons (Fsp3) is 0.133. The average Bonchev–Trinajstić information content (AvgIpc) is 2.40. The Bertz CT molecular complexity index is 658. The summed E-state index contributed by atoms with van der Waals surface area (Å²) in [6.45, 7) is 2.12. The van der Waals surface area contributed by atoms with Gasteiger partial charge in [-0.2, -0.15) is 0 Å². The predicted molar refractivity (Wildman–Crippen MR) is 78.8 cm³/mol. The van der Waals surface area contributed by atoms with E-state index < -0.39 is 11.8 Å². The molecule has 0 aliphatic rings. The Balaban J connectivity index is 2.11. The number of ether oxygens (including phenoxy) is 1. The summed E-state index contributed by atoms with van der Waals surface area (Å²) in [5, 5.41) is 0. The van der Waals surface area contributed by atoms with Crippen LogP contribution in [0.1, 0.15) is 21.5 Å². The highest BCUT2D eigenvalue weighted by atomic mass is 79.9. The SMILES string of the molecule is Cc1cccc(COC(=O)c2cc(N)c(F)cc2Br)c1. The molecule has 20 heavy (non-hydrogen) atoms. The van der Waals surface area contributed by atoms with Crippen molar-refractivity contribution in [3.05, 3.63) is 63.4 Å². The van der Waals surface area contributed by atoms with Crippen molar-refractivity contribution in [2.75, 3.05) is 5.73 Å². The number of hydrogen-bond donors (Lipinski definition) is 1.